The van der Waals surface area contributed by atoms with Crippen LogP contribution in [-0.2, 0) is 6.18 Å². The van der Waals surface area contributed by atoms with Gasteiger partial charge in [0.25, 0.3) is 11.8 Å². The fraction of sp³-hybridized carbons (Fsp3) is 0.333. The lowest BCUT2D eigenvalue weighted by Gasteiger charge is -2.00. The maximum Gasteiger partial charge on any atom is 0.455 e. The van der Waals surface area contributed by atoms with Crippen LogP contribution in [0.15, 0.2) is 0 Å². The van der Waals surface area contributed by atoms with E-state index < -0.39 is 17.9 Å². The second-order valence-corrected chi connectivity index (χ2v) is 1.58. The normalized spacial score (nSPS) is 11.5. The Labute approximate surface area is 58.4 Å². The van der Waals surface area contributed by atoms with E-state index in [9.17, 15) is 13.2 Å². The number of anilines is 1. The highest BCUT2D eigenvalue weighted by atomic mass is 19.4. The molecule has 8 heteroatoms. The van der Waals surface area contributed by atoms with Gasteiger partial charge in [-0.3, -0.25) is 0 Å². The summed E-state index contributed by atoms with van der Waals surface area (Å²) in [5, 5.41) is 11.1. The molecule has 0 atom stereocenters. The first kappa shape index (κ1) is 7.63. The third-order valence-electron chi connectivity index (χ3n) is 0.748. The highest BCUT2D eigenvalue weighted by molar-refractivity contribution is 5.07. The second kappa shape index (κ2) is 2.29. The number of nitrogens with two attached hydrogens (primary N) is 1. The van der Waals surface area contributed by atoms with Crippen molar-refractivity contribution in [3.63, 3.8) is 0 Å². The maximum atomic E-state index is 11.7. The molecule has 0 amide bonds. The molecule has 0 spiro atoms. The molecule has 0 unspecified atom stereocenters. The van der Waals surface area contributed by atoms with E-state index >= 15 is 0 Å². The van der Waals surface area contributed by atoms with Gasteiger partial charge in [-0.15, -0.1) is 20.4 Å². The van der Waals surface area contributed by atoms with E-state index in [1.54, 1.807) is 0 Å². The van der Waals surface area contributed by atoms with Crippen molar-refractivity contribution >= 4 is 5.95 Å². The predicted octanol–water partition coefficient (Wildman–Crippen LogP) is -0.132. The van der Waals surface area contributed by atoms with Crippen LogP contribution in [0.4, 0.5) is 19.1 Å². The highest BCUT2D eigenvalue weighted by Crippen LogP contribution is 2.24. The monoisotopic (exact) mass is 165 g/mol. The summed E-state index contributed by atoms with van der Waals surface area (Å²) >= 11 is 0. The molecule has 5 nitrogen and oxygen atoms in total. The van der Waals surface area contributed by atoms with Crippen LogP contribution in [0.5, 0.6) is 0 Å². The van der Waals surface area contributed by atoms with Crippen LogP contribution in [0.25, 0.3) is 0 Å². The minimum atomic E-state index is -4.62. The minimum Gasteiger partial charge on any atom is -0.365 e. The van der Waals surface area contributed by atoms with Crippen LogP contribution in [0.1, 0.15) is 5.82 Å². The Balaban J connectivity index is 2.99. The SMILES string of the molecule is Nc1nnc(C(F)(F)F)nn1. The van der Waals surface area contributed by atoms with Crippen molar-refractivity contribution in [2.75, 3.05) is 5.73 Å². The van der Waals surface area contributed by atoms with Gasteiger partial charge >= 0.3 is 6.18 Å². The van der Waals surface area contributed by atoms with E-state index in [2.05, 4.69) is 20.4 Å². The van der Waals surface area contributed by atoms with Crippen LogP contribution in [0.2, 0.25) is 0 Å². The van der Waals surface area contributed by atoms with Crippen LogP contribution >= 0.6 is 0 Å². The Bertz CT molecular complexity index is 240. The van der Waals surface area contributed by atoms with Crippen molar-refractivity contribution in [2.45, 2.75) is 6.18 Å². The van der Waals surface area contributed by atoms with E-state index in [0.717, 1.165) is 0 Å². The zero-order valence-corrected chi connectivity index (χ0v) is 5.00. The van der Waals surface area contributed by atoms with E-state index in [4.69, 9.17) is 5.73 Å². The number of alkyl halides is 3. The molecule has 0 radical (unpaired) electrons. The molecule has 0 aromatic carbocycles. The molecule has 0 aliphatic heterocycles. The van der Waals surface area contributed by atoms with Crippen molar-refractivity contribution in [3.8, 4) is 0 Å². The second-order valence-electron chi connectivity index (χ2n) is 1.58. The molecule has 0 aliphatic carbocycles. The summed E-state index contributed by atoms with van der Waals surface area (Å²) in [5.41, 5.74) is 4.86. The summed E-state index contributed by atoms with van der Waals surface area (Å²) in [4.78, 5) is 0. The molecule has 1 heterocycles. The zero-order valence-electron chi connectivity index (χ0n) is 5.00. The fourth-order valence-electron chi connectivity index (χ4n) is 0.351. The number of hydrogen-bond acceptors (Lipinski definition) is 5. The third-order valence-corrected chi connectivity index (χ3v) is 0.748. The van der Waals surface area contributed by atoms with E-state index in [-0.39, 0.29) is 0 Å². The molecule has 60 valence electrons. The summed E-state index contributed by atoms with van der Waals surface area (Å²) in [5.74, 6) is -1.79. The predicted molar refractivity (Wildman–Crippen MR) is 27.0 cm³/mol. The quantitative estimate of drug-likeness (QED) is 0.579. The molecule has 11 heavy (non-hydrogen) atoms. The number of halogens is 3. The largest absolute Gasteiger partial charge is 0.455 e. The standard InChI is InChI=1S/C3H2F3N5/c4-3(5,6)1-8-10-2(7)11-9-1/h(H2,7,10,11). The molecule has 2 N–H and O–H groups in total. The topological polar surface area (TPSA) is 77.6 Å². The van der Waals surface area contributed by atoms with Crippen LogP contribution in [0, 0.1) is 0 Å². The van der Waals surface area contributed by atoms with Gasteiger partial charge in [-0.2, -0.15) is 13.2 Å². The van der Waals surface area contributed by atoms with Gasteiger partial charge in [0.05, 0.1) is 0 Å². The van der Waals surface area contributed by atoms with E-state index in [1.807, 2.05) is 0 Å². The molecule has 0 fully saturated rings. The Morgan fingerprint density at radius 2 is 1.45 bits per heavy atom. The van der Waals surface area contributed by atoms with Gasteiger partial charge in [-0.1, -0.05) is 0 Å². The number of nitrogens with zero attached hydrogens (tertiary/aromatic N) is 4. The first-order chi connectivity index (χ1) is 5.00. The molecule has 1 aromatic rings. The average Bonchev–Trinajstić information content (AvgIpc) is 1.86. The Hall–Kier alpha value is -1.47. The summed E-state index contributed by atoms with van der Waals surface area (Å²) in [6.07, 6.45) is -4.62. The van der Waals surface area contributed by atoms with Gasteiger partial charge in [-0.25, -0.2) is 0 Å². The molecule has 1 rings (SSSR count). The summed E-state index contributed by atoms with van der Waals surface area (Å²) in [6.45, 7) is 0. The molecule has 1 aromatic heterocycles. The van der Waals surface area contributed by atoms with E-state index in [0.29, 0.717) is 0 Å². The fourth-order valence-corrected chi connectivity index (χ4v) is 0.351. The molecular weight excluding hydrogens is 163 g/mol. The highest BCUT2D eigenvalue weighted by Gasteiger charge is 2.35. The van der Waals surface area contributed by atoms with Gasteiger partial charge in [0.15, 0.2) is 0 Å². The number of aromatic nitrogens is 4. The third kappa shape index (κ3) is 1.72. The Morgan fingerprint density at radius 1 is 1.00 bits per heavy atom. The molecular formula is C3H2F3N5. The van der Waals surface area contributed by atoms with Crippen molar-refractivity contribution in [1.82, 2.24) is 20.4 Å². The van der Waals surface area contributed by atoms with Gasteiger partial charge in [0, 0.05) is 0 Å². The van der Waals surface area contributed by atoms with E-state index in [1.165, 1.54) is 0 Å². The first-order valence-electron chi connectivity index (χ1n) is 2.40. The first-order valence-corrected chi connectivity index (χ1v) is 2.40. The van der Waals surface area contributed by atoms with Crippen LogP contribution in [-0.4, -0.2) is 20.4 Å². The maximum absolute atomic E-state index is 11.7. The Morgan fingerprint density at radius 3 is 1.82 bits per heavy atom. The molecule has 0 saturated carbocycles. The number of hydrogen-bond donors (Lipinski definition) is 1. The van der Waals surface area contributed by atoms with Gasteiger partial charge < -0.3 is 5.73 Å². The summed E-state index contributed by atoms with van der Waals surface area (Å²) < 4.78 is 35.0. The van der Waals surface area contributed by atoms with Gasteiger partial charge in [0.1, 0.15) is 0 Å². The van der Waals surface area contributed by atoms with Crippen LogP contribution < -0.4 is 5.73 Å². The number of rotatable bonds is 0. The smallest absolute Gasteiger partial charge is 0.365 e. The molecule has 0 bridgehead atoms. The van der Waals surface area contributed by atoms with Crippen LogP contribution in [0.3, 0.4) is 0 Å². The minimum absolute atomic E-state index is 0.391. The Kier molecular flexibility index (Phi) is 1.59. The molecule has 0 aliphatic rings. The summed E-state index contributed by atoms with van der Waals surface area (Å²) in [7, 11) is 0. The van der Waals surface area contributed by atoms with Gasteiger partial charge in [-0.05, 0) is 0 Å². The van der Waals surface area contributed by atoms with Crippen molar-refractivity contribution in [2.24, 2.45) is 0 Å². The van der Waals surface area contributed by atoms with Gasteiger partial charge in [0.2, 0.25) is 0 Å². The zero-order chi connectivity index (χ0) is 8.48. The van der Waals surface area contributed by atoms with Crippen molar-refractivity contribution in [1.29, 1.82) is 0 Å². The van der Waals surface area contributed by atoms with Crippen molar-refractivity contribution < 1.29 is 13.2 Å². The summed E-state index contributed by atoms with van der Waals surface area (Å²) in [6, 6.07) is 0. The lowest BCUT2D eigenvalue weighted by molar-refractivity contribution is -0.146. The van der Waals surface area contributed by atoms with Crippen molar-refractivity contribution in [3.05, 3.63) is 5.82 Å². The average molecular weight is 165 g/mol. The molecule has 0 saturated heterocycles. The lowest BCUT2D eigenvalue weighted by atomic mass is 10.6. The lowest BCUT2D eigenvalue weighted by Crippen LogP contribution is -2.14. The number of nitrogen functional groups attached to an aromatic ring is 1.